The van der Waals surface area contributed by atoms with Gasteiger partial charge in [-0.3, -0.25) is 10.1 Å². The van der Waals surface area contributed by atoms with Gasteiger partial charge >= 0.3 is 0 Å². The second-order valence-corrected chi connectivity index (χ2v) is 3.68. The fraction of sp³-hybridized carbons (Fsp3) is 0.0833. The molecule has 0 bridgehead atoms. The molecule has 0 atom stereocenters. The number of anilines is 2. The van der Waals surface area contributed by atoms with Crippen molar-refractivity contribution in [2.75, 3.05) is 11.9 Å². The molecule has 0 aliphatic heterocycles. The molecule has 0 amide bonds. The van der Waals surface area contributed by atoms with Crippen molar-refractivity contribution in [3.05, 3.63) is 52.7 Å². The first-order valence-corrected chi connectivity index (χ1v) is 5.22. The minimum Gasteiger partial charge on any atom is -0.506 e. The van der Waals surface area contributed by atoms with Gasteiger partial charge in [-0.05, 0) is 18.2 Å². The van der Waals surface area contributed by atoms with E-state index in [2.05, 4.69) is 4.98 Å². The van der Waals surface area contributed by atoms with Crippen LogP contribution in [-0.4, -0.2) is 22.1 Å². The molecule has 2 rings (SSSR count). The standard InChI is InChI=1S/C12H11N3O3/c1-14(10-4-2-3-5-11(10)16)12-7-6-9(8-13-12)15(17)18/h2-8,16H,1H3. The van der Waals surface area contributed by atoms with E-state index < -0.39 is 4.92 Å². The van der Waals surface area contributed by atoms with E-state index in [1.165, 1.54) is 18.3 Å². The molecule has 1 heterocycles. The van der Waals surface area contributed by atoms with Gasteiger partial charge in [0.2, 0.25) is 0 Å². The van der Waals surface area contributed by atoms with Crippen molar-refractivity contribution in [1.82, 2.24) is 4.98 Å². The van der Waals surface area contributed by atoms with Crippen LogP contribution in [0.25, 0.3) is 0 Å². The number of phenolic OH excluding ortho intramolecular Hbond substituents is 1. The summed E-state index contributed by atoms with van der Waals surface area (Å²) in [5, 5.41) is 20.2. The summed E-state index contributed by atoms with van der Waals surface area (Å²) in [4.78, 5) is 15.7. The summed E-state index contributed by atoms with van der Waals surface area (Å²) in [7, 11) is 1.73. The van der Waals surface area contributed by atoms with Gasteiger partial charge in [0.05, 0.1) is 10.6 Å². The average Bonchev–Trinajstić information content (AvgIpc) is 2.38. The lowest BCUT2D eigenvalue weighted by atomic mass is 10.2. The first kappa shape index (κ1) is 11.8. The predicted molar refractivity (Wildman–Crippen MR) is 67.1 cm³/mol. The van der Waals surface area contributed by atoms with Crippen LogP contribution in [0.15, 0.2) is 42.6 Å². The molecule has 0 fully saturated rings. The lowest BCUT2D eigenvalue weighted by Crippen LogP contribution is -2.11. The molecule has 1 aromatic heterocycles. The highest BCUT2D eigenvalue weighted by Crippen LogP contribution is 2.30. The largest absolute Gasteiger partial charge is 0.506 e. The van der Waals surface area contributed by atoms with Crippen molar-refractivity contribution in [3.63, 3.8) is 0 Å². The van der Waals surface area contributed by atoms with Crippen molar-refractivity contribution in [1.29, 1.82) is 0 Å². The van der Waals surface area contributed by atoms with E-state index in [0.29, 0.717) is 11.5 Å². The highest BCUT2D eigenvalue weighted by molar-refractivity contribution is 5.66. The lowest BCUT2D eigenvalue weighted by molar-refractivity contribution is -0.385. The van der Waals surface area contributed by atoms with E-state index in [-0.39, 0.29) is 11.4 Å². The van der Waals surface area contributed by atoms with Crippen LogP contribution in [0.2, 0.25) is 0 Å². The van der Waals surface area contributed by atoms with Crippen LogP contribution in [-0.2, 0) is 0 Å². The van der Waals surface area contributed by atoms with Crippen molar-refractivity contribution < 1.29 is 10.0 Å². The van der Waals surface area contributed by atoms with E-state index in [9.17, 15) is 15.2 Å². The zero-order valence-electron chi connectivity index (χ0n) is 9.65. The third-order valence-corrected chi connectivity index (χ3v) is 2.53. The third-order valence-electron chi connectivity index (χ3n) is 2.53. The molecule has 0 saturated heterocycles. The van der Waals surface area contributed by atoms with Gasteiger partial charge in [-0.25, -0.2) is 4.98 Å². The Morgan fingerprint density at radius 3 is 2.56 bits per heavy atom. The maximum absolute atomic E-state index is 10.5. The van der Waals surface area contributed by atoms with E-state index in [0.717, 1.165) is 0 Å². The minimum atomic E-state index is -0.503. The van der Waals surface area contributed by atoms with Crippen LogP contribution in [0.4, 0.5) is 17.2 Å². The van der Waals surface area contributed by atoms with Gasteiger partial charge in [-0.15, -0.1) is 0 Å². The SMILES string of the molecule is CN(c1ccc([N+](=O)[O-])cn1)c1ccccc1O. The van der Waals surface area contributed by atoms with Gasteiger partial charge in [0.25, 0.3) is 5.69 Å². The van der Waals surface area contributed by atoms with Crippen LogP contribution in [0.3, 0.4) is 0 Å². The number of hydrogen-bond acceptors (Lipinski definition) is 5. The average molecular weight is 245 g/mol. The highest BCUT2D eigenvalue weighted by atomic mass is 16.6. The van der Waals surface area contributed by atoms with E-state index >= 15 is 0 Å². The Labute approximate surface area is 103 Å². The number of hydrogen-bond donors (Lipinski definition) is 1. The summed E-state index contributed by atoms with van der Waals surface area (Å²) in [6.07, 6.45) is 1.19. The van der Waals surface area contributed by atoms with Gasteiger partial charge in [0.1, 0.15) is 17.8 Å². The van der Waals surface area contributed by atoms with E-state index in [1.54, 1.807) is 36.2 Å². The Hall–Kier alpha value is -2.63. The fourth-order valence-electron chi connectivity index (χ4n) is 1.56. The number of rotatable bonds is 3. The number of pyridine rings is 1. The van der Waals surface area contributed by atoms with E-state index in [1.807, 2.05) is 0 Å². The Morgan fingerprint density at radius 1 is 1.28 bits per heavy atom. The maximum atomic E-state index is 10.5. The highest BCUT2D eigenvalue weighted by Gasteiger charge is 2.11. The van der Waals surface area contributed by atoms with E-state index in [4.69, 9.17) is 0 Å². The number of nitro groups is 1. The number of benzene rings is 1. The van der Waals surface area contributed by atoms with Crippen LogP contribution in [0.5, 0.6) is 5.75 Å². The Morgan fingerprint density at radius 2 is 2.00 bits per heavy atom. The van der Waals surface area contributed by atoms with Crippen LogP contribution in [0.1, 0.15) is 0 Å². The topological polar surface area (TPSA) is 79.5 Å². The lowest BCUT2D eigenvalue weighted by Gasteiger charge is -2.18. The molecule has 0 saturated carbocycles. The second kappa shape index (κ2) is 4.70. The van der Waals surface area contributed by atoms with Crippen molar-refractivity contribution >= 4 is 17.2 Å². The molecule has 0 radical (unpaired) electrons. The normalized spacial score (nSPS) is 10.1. The number of aromatic hydroxyl groups is 1. The van der Waals surface area contributed by atoms with Gasteiger partial charge in [-0.2, -0.15) is 0 Å². The predicted octanol–water partition coefficient (Wildman–Crippen LogP) is 2.46. The van der Waals surface area contributed by atoms with Gasteiger partial charge in [0.15, 0.2) is 0 Å². The maximum Gasteiger partial charge on any atom is 0.287 e. The summed E-state index contributed by atoms with van der Waals surface area (Å²) in [5.41, 5.74) is 0.517. The molecule has 6 heteroatoms. The Bertz CT molecular complexity index is 569. The molecule has 18 heavy (non-hydrogen) atoms. The smallest absolute Gasteiger partial charge is 0.287 e. The molecule has 2 aromatic rings. The molecular weight excluding hydrogens is 234 g/mol. The molecule has 0 aliphatic carbocycles. The number of para-hydroxylation sites is 2. The summed E-state index contributed by atoms with van der Waals surface area (Å²) in [6, 6.07) is 9.71. The number of phenols is 1. The molecule has 92 valence electrons. The zero-order chi connectivity index (χ0) is 13.1. The summed E-state index contributed by atoms with van der Waals surface area (Å²) < 4.78 is 0. The van der Waals surface area contributed by atoms with Crippen molar-refractivity contribution in [3.8, 4) is 5.75 Å². The fourth-order valence-corrected chi connectivity index (χ4v) is 1.56. The molecule has 0 aliphatic rings. The second-order valence-electron chi connectivity index (χ2n) is 3.68. The zero-order valence-corrected chi connectivity index (χ0v) is 9.65. The summed E-state index contributed by atoms with van der Waals surface area (Å²) >= 11 is 0. The first-order valence-electron chi connectivity index (χ1n) is 5.22. The monoisotopic (exact) mass is 245 g/mol. The molecule has 6 nitrogen and oxygen atoms in total. The minimum absolute atomic E-state index is 0.0653. The Balaban J connectivity index is 2.32. The van der Waals surface area contributed by atoms with Gasteiger partial charge in [0, 0.05) is 13.1 Å². The molecule has 0 unspecified atom stereocenters. The molecular formula is C12H11N3O3. The summed E-state index contributed by atoms with van der Waals surface area (Å²) in [6.45, 7) is 0. The quantitative estimate of drug-likeness (QED) is 0.663. The third kappa shape index (κ3) is 2.22. The first-order chi connectivity index (χ1) is 8.59. The summed E-state index contributed by atoms with van der Waals surface area (Å²) in [5.74, 6) is 0.641. The van der Waals surface area contributed by atoms with Crippen LogP contribution in [0, 0.1) is 10.1 Å². The number of aromatic nitrogens is 1. The molecule has 0 spiro atoms. The van der Waals surface area contributed by atoms with Crippen molar-refractivity contribution in [2.24, 2.45) is 0 Å². The molecule has 1 N–H and O–H groups in total. The van der Waals surface area contributed by atoms with Crippen LogP contribution >= 0.6 is 0 Å². The van der Waals surface area contributed by atoms with Crippen molar-refractivity contribution in [2.45, 2.75) is 0 Å². The van der Waals surface area contributed by atoms with Gasteiger partial charge < -0.3 is 10.0 Å². The Kier molecular flexibility index (Phi) is 3.09. The van der Waals surface area contributed by atoms with Gasteiger partial charge in [-0.1, -0.05) is 12.1 Å². The number of nitrogens with zero attached hydrogens (tertiary/aromatic N) is 3. The molecule has 1 aromatic carbocycles. The van der Waals surface area contributed by atoms with Crippen LogP contribution < -0.4 is 4.90 Å².